The van der Waals surface area contributed by atoms with Crippen molar-refractivity contribution < 1.29 is 57.5 Å². The highest BCUT2D eigenvalue weighted by molar-refractivity contribution is 6.14. The number of nitro groups is 1. The summed E-state index contributed by atoms with van der Waals surface area (Å²) in [4.78, 5) is 125. The molecule has 3 atom stereocenters. The maximum Gasteiger partial charge on any atom is 0.514 e. The summed E-state index contributed by atoms with van der Waals surface area (Å²) in [5.74, 6) is -5.49. The van der Waals surface area contributed by atoms with Crippen LogP contribution in [0.25, 0.3) is 0 Å². The fourth-order valence-corrected chi connectivity index (χ4v) is 6.15. The van der Waals surface area contributed by atoms with E-state index in [0.29, 0.717) is 11.3 Å². The Morgan fingerprint density at radius 1 is 0.847 bits per heavy atom. The van der Waals surface area contributed by atoms with Crippen molar-refractivity contribution in [1.82, 2.24) is 20.4 Å². The Balaban J connectivity index is 1.35. The molecule has 0 aromatic heterocycles. The van der Waals surface area contributed by atoms with Crippen molar-refractivity contribution in [3.63, 3.8) is 0 Å². The Morgan fingerprint density at radius 2 is 1.46 bits per heavy atom. The number of nitrogens with two attached hydrogens (primary N) is 1. The third-order valence-corrected chi connectivity index (χ3v) is 9.21. The molecule has 0 saturated heterocycles. The van der Waals surface area contributed by atoms with Crippen LogP contribution in [-0.2, 0) is 44.9 Å². The fraction of sp³-hybridized carbons (Fsp3) is 0.359. The predicted octanol–water partition coefficient (Wildman–Crippen LogP) is 2.41. The number of amides is 8. The lowest BCUT2D eigenvalue weighted by atomic mass is 9.89. The monoisotopic (exact) mass is 817 g/mol. The second kappa shape index (κ2) is 20.8. The Morgan fingerprint density at radius 3 is 2.03 bits per heavy atom. The summed E-state index contributed by atoms with van der Waals surface area (Å²) in [5.41, 5.74) is 5.86. The molecule has 2 heterocycles. The molecule has 59 heavy (non-hydrogen) atoms. The highest BCUT2D eigenvalue weighted by Gasteiger charge is 2.36. The van der Waals surface area contributed by atoms with E-state index in [1.165, 1.54) is 24.3 Å². The van der Waals surface area contributed by atoms with Crippen molar-refractivity contribution >= 4 is 64.8 Å². The molecule has 312 valence electrons. The minimum absolute atomic E-state index is 0.0430. The molecule has 2 aromatic carbocycles. The van der Waals surface area contributed by atoms with E-state index in [9.17, 15) is 53.3 Å². The highest BCUT2D eigenvalue weighted by atomic mass is 16.7. The number of anilines is 1. The molecule has 2 aliphatic rings. The second-order valence-corrected chi connectivity index (χ2v) is 13.9. The Hall–Kier alpha value is -7.25. The van der Waals surface area contributed by atoms with Crippen LogP contribution in [0.5, 0.6) is 5.75 Å². The normalized spacial score (nSPS) is 14.9. The molecule has 1 unspecified atom stereocenters. The van der Waals surface area contributed by atoms with Gasteiger partial charge in [0.25, 0.3) is 29.3 Å². The van der Waals surface area contributed by atoms with Gasteiger partial charge in [0.1, 0.15) is 12.4 Å². The summed E-state index contributed by atoms with van der Waals surface area (Å²) < 4.78 is 10.1. The lowest BCUT2D eigenvalue weighted by molar-refractivity contribution is -0.384. The van der Waals surface area contributed by atoms with Gasteiger partial charge in [0.15, 0.2) is 5.78 Å². The number of Topliss-reactive ketones (excluding diaryl/α,β-unsaturated/α-hetero) is 1. The molecule has 0 aliphatic carbocycles. The Bertz CT molecular complexity index is 1990. The van der Waals surface area contributed by atoms with Gasteiger partial charge < -0.3 is 31.2 Å². The number of imide groups is 2. The van der Waals surface area contributed by atoms with E-state index in [0.717, 1.165) is 34.1 Å². The molecule has 0 radical (unpaired) electrons. The van der Waals surface area contributed by atoms with Crippen LogP contribution in [0.4, 0.5) is 21.0 Å². The summed E-state index contributed by atoms with van der Waals surface area (Å²) in [6, 6.07) is 8.24. The van der Waals surface area contributed by atoms with Crippen LogP contribution in [0.15, 0.2) is 72.8 Å². The van der Waals surface area contributed by atoms with E-state index in [1.54, 1.807) is 38.1 Å². The number of carbonyl (C=O) groups is 9. The van der Waals surface area contributed by atoms with Gasteiger partial charge in [-0.1, -0.05) is 26.0 Å². The molecule has 2 aliphatic heterocycles. The quantitative estimate of drug-likeness (QED) is 0.0352. The molecule has 0 fully saturated rings. The summed E-state index contributed by atoms with van der Waals surface area (Å²) in [6.45, 7) is 2.99. The zero-order valence-corrected chi connectivity index (χ0v) is 32.1. The topological polar surface area (TPSA) is 284 Å². The van der Waals surface area contributed by atoms with Crippen LogP contribution in [0.1, 0.15) is 51.5 Å². The van der Waals surface area contributed by atoms with Crippen LogP contribution < -0.4 is 26.4 Å². The van der Waals surface area contributed by atoms with Gasteiger partial charge in [-0.3, -0.25) is 53.5 Å². The first-order valence-corrected chi connectivity index (χ1v) is 18.4. The molecule has 0 spiro atoms. The number of carbonyl (C=O) groups excluding carboxylic acids is 9. The van der Waals surface area contributed by atoms with E-state index >= 15 is 0 Å². The maximum atomic E-state index is 13.7. The van der Waals surface area contributed by atoms with Crippen LogP contribution in [-0.4, -0.2) is 93.3 Å². The van der Waals surface area contributed by atoms with Gasteiger partial charge in [-0.2, -0.15) is 0 Å². The average molecular weight is 818 g/mol. The smallest absolute Gasteiger partial charge is 0.429 e. The summed E-state index contributed by atoms with van der Waals surface area (Å²) in [7, 11) is 0. The fourth-order valence-electron chi connectivity index (χ4n) is 6.15. The lowest BCUT2D eigenvalue weighted by Crippen LogP contribution is -2.49. The van der Waals surface area contributed by atoms with Gasteiger partial charge >= 0.3 is 12.2 Å². The first-order chi connectivity index (χ1) is 28.0. The standard InChI is InChI=1S/C39H43N7O13/c1-23(2)36(43-31(48)14-11-28(45-34(51)17-18-35(45)52)21-44-32(49)15-16-33(44)50)30(47)20-25(4-3-19-41-38(40)54)37(53)42-26-7-5-24(6-8-26)22-58-39(55)59-29-12-9-27(10-13-29)46(56)57/h5-10,12-13,15-18,23,25,28,36H,3-4,11,14,19-22H2,1-2H3,(H,42,53)(H,43,48)(H3,40,41,54)/t25-,28?,36+/m1/s1. The Kier molecular flexibility index (Phi) is 15.7. The number of hydrogen-bond donors (Lipinski definition) is 4. The zero-order valence-electron chi connectivity index (χ0n) is 32.1. The van der Waals surface area contributed by atoms with Crippen LogP contribution in [0, 0.1) is 22.0 Å². The number of nitrogens with one attached hydrogen (secondary N) is 3. The van der Waals surface area contributed by atoms with E-state index in [2.05, 4.69) is 16.0 Å². The van der Waals surface area contributed by atoms with Gasteiger partial charge in [0, 0.05) is 67.4 Å². The summed E-state index contributed by atoms with van der Waals surface area (Å²) in [6.07, 6.45) is 2.88. The molecule has 4 rings (SSSR count). The first kappa shape index (κ1) is 44.5. The van der Waals surface area contributed by atoms with Gasteiger partial charge in [-0.25, -0.2) is 9.59 Å². The molecule has 8 amide bonds. The average Bonchev–Trinajstić information content (AvgIpc) is 3.69. The number of ketones is 1. The molecule has 20 nitrogen and oxygen atoms in total. The van der Waals surface area contributed by atoms with Crippen molar-refractivity contribution in [2.24, 2.45) is 17.6 Å². The van der Waals surface area contributed by atoms with Crippen LogP contribution in [0.2, 0.25) is 0 Å². The number of primary amides is 1. The van der Waals surface area contributed by atoms with E-state index in [-0.39, 0.29) is 63.2 Å². The molecule has 2 aromatic rings. The molecular formula is C39H43N7O13. The number of nitro benzene ring substituents is 1. The number of hydrogen-bond acceptors (Lipinski definition) is 13. The summed E-state index contributed by atoms with van der Waals surface area (Å²) >= 11 is 0. The molecule has 20 heteroatoms. The van der Waals surface area contributed by atoms with E-state index < -0.39 is 82.3 Å². The van der Waals surface area contributed by atoms with E-state index in [1.807, 2.05) is 0 Å². The number of non-ortho nitro benzene ring substituents is 1. The first-order valence-electron chi connectivity index (χ1n) is 18.4. The largest absolute Gasteiger partial charge is 0.514 e. The summed E-state index contributed by atoms with van der Waals surface area (Å²) in [5, 5.41) is 18.7. The number of rotatable bonds is 21. The van der Waals surface area contributed by atoms with Crippen molar-refractivity contribution in [3.8, 4) is 5.75 Å². The molecule has 5 N–H and O–H groups in total. The maximum absolute atomic E-state index is 13.7. The van der Waals surface area contributed by atoms with Crippen molar-refractivity contribution in [3.05, 3.63) is 88.5 Å². The lowest BCUT2D eigenvalue weighted by Gasteiger charge is -2.29. The van der Waals surface area contributed by atoms with E-state index in [4.69, 9.17) is 15.2 Å². The third-order valence-electron chi connectivity index (χ3n) is 9.21. The van der Waals surface area contributed by atoms with Crippen molar-refractivity contribution in [1.29, 1.82) is 0 Å². The van der Waals surface area contributed by atoms with Crippen molar-refractivity contribution in [2.45, 2.75) is 64.6 Å². The molecule has 0 saturated carbocycles. The zero-order chi connectivity index (χ0) is 43.2. The third kappa shape index (κ3) is 13.2. The van der Waals surface area contributed by atoms with Crippen LogP contribution >= 0.6 is 0 Å². The predicted molar refractivity (Wildman–Crippen MR) is 206 cm³/mol. The van der Waals surface area contributed by atoms with Gasteiger partial charge in [0.05, 0.1) is 23.6 Å². The molecular weight excluding hydrogens is 774 g/mol. The van der Waals surface area contributed by atoms with Gasteiger partial charge in [-0.05, 0) is 55.0 Å². The Labute approximate surface area is 337 Å². The second-order valence-electron chi connectivity index (χ2n) is 13.9. The van der Waals surface area contributed by atoms with Gasteiger partial charge in [0.2, 0.25) is 11.8 Å². The van der Waals surface area contributed by atoms with Crippen LogP contribution in [0.3, 0.4) is 0 Å². The SMILES string of the molecule is CC(C)[C@H](NC(=O)CCC(CN1C(=O)C=CC1=O)N1C(=O)C=CC1=O)C(=O)C[C@@H](CCCNC(N)=O)C(=O)Nc1ccc(COC(=O)Oc2ccc([N+](=O)[O-])cc2)cc1. The highest BCUT2D eigenvalue weighted by Crippen LogP contribution is 2.22. The minimum Gasteiger partial charge on any atom is -0.429 e. The molecule has 0 bridgehead atoms. The number of urea groups is 1. The number of ether oxygens (including phenoxy) is 2. The number of benzene rings is 2. The minimum atomic E-state index is -1.05. The number of nitrogens with zero attached hydrogens (tertiary/aromatic N) is 3. The van der Waals surface area contributed by atoms with Crippen molar-refractivity contribution in [2.75, 3.05) is 18.4 Å². The van der Waals surface area contributed by atoms with Gasteiger partial charge in [-0.15, -0.1) is 0 Å².